The maximum Gasteiger partial charge on any atom is 0.371 e. The minimum atomic E-state index is -3.74. The number of halogens is 1. The third kappa shape index (κ3) is 13.3. The van der Waals surface area contributed by atoms with E-state index in [2.05, 4.69) is 10.0 Å². The fraction of sp³-hybridized carbons (Fsp3) is 0.390. The normalized spacial score (nSPS) is 13.2. The maximum atomic E-state index is 13.6. The number of ether oxygens (including phenoxy) is 5. The van der Waals surface area contributed by atoms with Crippen LogP contribution in [0, 0.1) is 5.82 Å². The minimum absolute atomic E-state index is 0.0748. The molecule has 0 radical (unpaired) electrons. The molecule has 3 aromatic carbocycles. The molecule has 1 fully saturated rings. The second-order valence-corrected chi connectivity index (χ2v) is 15.1. The Morgan fingerprint density at radius 3 is 1.98 bits per heavy atom. The summed E-state index contributed by atoms with van der Waals surface area (Å²) in [5.41, 5.74) is 3.70. The summed E-state index contributed by atoms with van der Waals surface area (Å²) in [5, 5.41) is 21.1. The molecule has 1 aromatic heterocycles. The topological polar surface area (TPSA) is 209 Å². The number of aliphatic hydroxyl groups is 1. The van der Waals surface area contributed by atoms with Gasteiger partial charge >= 0.3 is 5.97 Å². The Labute approximate surface area is 335 Å². The number of amides is 1. The number of carboxylic acids is 1. The van der Waals surface area contributed by atoms with Gasteiger partial charge in [-0.1, -0.05) is 24.3 Å². The standard InChI is InChI=1S/C41H47FN2O13S/c1-43-40(47)38-34-23-33(28-6-7-28)31(22-37(34)57-39(38)30-8-10-32(42)11-9-30)26-58(50,51)44-12-13-52-14-15-53-16-17-54-18-19-55-20-21-56-25-27-2-4-29(5-3-27)35(45)24-36(46)41(48)49/h2-5,8-11,22-24,28,44,46H,6-7,12-21,25-26H2,1H3,(H,43,47)(H,48,49)/b36-24-. The van der Waals surface area contributed by atoms with Crippen LogP contribution in [-0.2, 0) is 50.9 Å². The number of benzene rings is 3. The van der Waals surface area contributed by atoms with Crippen LogP contribution in [-0.4, -0.2) is 109 Å². The number of furan rings is 1. The summed E-state index contributed by atoms with van der Waals surface area (Å²) in [5.74, 6) is -3.81. The number of hydrogen-bond acceptors (Lipinski definition) is 12. The van der Waals surface area contributed by atoms with Crippen molar-refractivity contribution < 1.29 is 65.5 Å². The number of carboxylic acid groups (broad SMARTS) is 1. The number of sulfonamides is 1. The zero-order chi connectivity index (χ0) is 41.5. The van der Waals surface area contributed by atoms with Crippen LogP contribution in [0.5, 0.6) is 0 Å². The molecule has 0 saturated heterocycles. The fourth-order valence-electron chi connectivity index (χ4n) is 5.89. The summed E-state index contributed by atoms with van der Waals surface area (Å²) in [6, 6.07) is 15.5. The van der Waals surface area contributed by atoms with Crippen LogP contribution in [0.4, 0.5) is 4.39 Å². The van der Waals surface area contributed by atoms with E-state index < -0.39 is 33.4 Å². The minimum Gasteiger partial charge on any atom is -0.502 e. The monoisotopic (exact) mass is 826 g/mol. The van der Waals surface area contributed by atoms with Gasteiger partial charge in [-0.05, 0) is 71.8 Å². The number of carbonyl (C=O) groups excluding carboxylic acids is 2. The van der Waals surface area contributed by atoms with Gasteiger partial charge in [-0.3, -0.25) is 9.59 Å². The summed E-state index contributed by atoms with van der Waals surface area (Å²) >= 11 is 0. The molecule has 1 saturated carbocycles. The van der Waals surface area contributed by atoms with Crippen LogP contribution in [0.15, 0.2) is 76.9 Å². The number of ketones is 1. The van der Waals surface area contributed by atoms with Gasteiger partial charge in [-0.15, -0.1) is 0 Å². The molecule has 0 spiro atoms. The molecule has 1 heterocycles. The molecular weight excluding hydrogens is 780 g/mol. The van der Waals surface area contributed by atoms with Gasteiger partial charge in [0.2, 0.25) is 15.8 Å². The van der Waals surface area contributed by atoms with Crippen molar-refractivity contribution in [3.63, 3.8) is 0 Å². The number of aliphatic carboxylic acids is 1. The Hall–Kier alpha value is -5.01. The first-order valence-electron chi connectivity index (χ1n) is 18.7. The number of nitrogens with one attached hydrogen (secondary N) is 2. The second-order valence-electron chi connectivity index (χ2n) is 13.3. The lowest BCUT2D eigenvalue weighted by molar-refractivity contribution is -0.135. The molecule has 0 unspecified atom stereocenters. The van der Waals surface area contributed by atoms with Crippen LogP contribution in [0.1, 0.15) is 56.2 Å². The third-order valence-corrected chi connectivity index (χ3v) is 10.3. The molecule has 312 valence electrons. The van der Waals surface area contributed by atoms with Crippen LogP contribution in [0.2, 0.25) is 0 Å². The van der Waals surface area contributed by atoms with Gasteiger partial charge in [0.05, 0.1) is 77.4 Å². The highest BCUT2D eigenvalue weighted by Gasteiger charge is 2.31. The highest BCUT2D eigenvalue weighted by molar-refractivity contribution is 7.88. The van der Waals surface area contributed by atoms with E-state index in [4.69, 9.17) is 33.2 Å². The molecule has 1 amide bonds. The Bertz CT molecular complexity index is 2150. The number of hydrogen-bond donors (Lipinski definition) is 4. The lowest BCUT2D eigenvalue weighted by atomic mass is 9.98. The number of fused-ring (bicyclic) bond motifs is 1. The van der Waals surface area contributed by atoms with Crippen LogP contribution < -0.4 is 10.0 Å². The zero-order valence-electron chi connectivity index (χ0n) is 32.0. The number of rotatable bonds is 26. The predicted octanol–water partition coefficient (Wildman–Crippen LogP) is 4.89. The molecule has 15 nitrogen and oxygen atoms in total. The molecule has 0 bridgehead atoms. The van der Waals surface area contributed by atoms with Crippen molar-refractivity contribution in [3.8, 4) is 11.3 Å². The third-order valence-electron chi connectivity index (χ3n) is 8.92. The quantitative estimate of drug-likeness (QED) is 0.0288. The van der Waals surface area contributed by atoms with E-state index in [0.29, 0.717) is 86.6 Å². The summed E-state index contributed by atoms with van der Waals surface area (Å²) in [6.45, 7) is 3.23. The van der Waals surface area contributed by atoms with E-state index in [0.717, 1.165) is 24.0 Å². The maximum absolute atomic E-state index is 13.6. The average molecular weight is 827 g/mol. The van der Waals surface area contributed by atoms with E-state index >= 15 is 0 Å². The largest absolute Gasteiger partial charge is 0.502 e. The summed E-state index contributed by atoms with van der Waals surface area (Å²) in [7, 11) is -2.22. The Morgan fingerprint density at radius 1 is 0.828 bits per heavy atom. The highest BCUT2D eigenvalue weighted by Crippen LogP contribution is 2.45. The smallest absolute Gasteiger partial charge is 0.371 e. The summed E-state index contributed by atoms with van der Waals surface area (Å²) in [4.78, 5) is 35.5. The molecule has 17 heteroatoms. The van der Waals surface area contributed by atoms with Gasteiger partial charge in [-0.2, -0.15) is 0 Å². The van der Waals surface area contributed by atoms with Crippen molar-refractivity contribution in [3.05, 3.63) is 106 Å². The first-order valence-corrected chi connectivity index (χ1v) is 20.3. The van der Waals surface area contributed by atoms with E-state index in [1.54, 1.807) is 18.2 Å². The van der Waals surface area contributed by atoms with Crippen molar-refractivity contribution in [2.24, 2.45) is 0 Å². The SMILES string of the molecule is CNC(=O)c1c(-c2ccc(F)cc2)oc2cc(CS(=O)(=O)NCCOCCOCCOCCOCCOCc3ccc(C(=O)/C=C(\O)C(=O)O)cc3)c(C3CC3)cc12. The number of aliphatic hydroxyl groups excluding tert-OH is 1. The molecule has 58 heavy (non-hydrogen) atoms. The van der Waals surface area contributed by atoms with Crippen molar-refractivity contribution in [1.29, 1.82) is 0 Å². The molecule has 0 aliphatic heterocycles. The number of carbonyl (C=O) groups is 3. The first-order chi connectivity index (χ1) is 28.0. The van der Waals surface area contributed by atoms with Crippen LogP contribution in [0.3, 0.4) is 0 Å². The number of allylic oxidation sites excluding steroid dienone is 1. The average Bonchev–Trinajstić information content (AvgIpc) is 3.99. The van der Waals surface area contributed by atoms with E-state index in [1.807, 2.05) is 6.07 Å². The Morgan fingerprint density at radius 2 is 1.41 bits per heavy atom. The molecule has 4 N–H and O–H groups in total. The van der Waals surface area contributed by atoms with Crippen molar-refractivity contribution in [1.82, 2.24) is 10.0 Å². The molecular formula is C41H47FN2O13S. The van der Waals surface area contributed by atoms with Crippen LogP contribution in [0.25, 0.3) is 22.3 Å². The fourth-order valence-corrected chi connectivity index (χ4v) is 7.04. The van der Waals surface area contributed by atoms with Gasteiger partial charge in [0, 0.05) is 36.2 Å². The lowest BCUT2D eigenvalue weighted by Crippen LogP contribution is -2.29. The first kappa shape index (κ1) is 44.1. The van der Waals surface area contributed by atoms with Gasteiger partial charge in [0.1, 0.15) is 17.2 Å². The highest BCUT2D eigenvalue weighted by atomic mass is 32.2. The van der Waals surface area contributed by atoms with Crippen molar-refractivity contribution in [2.45, 2.75) is 31.1 Å². The molecule has 4 aromatic rings. The van der Waals surface area contributed by atoms with E-state index in [9.17, 15) is 32.3 Å². The van der Waals surface area contributed by atoms with Gasteiger partial charge in [-0.25, -0.2) is 22.3 Å². The van der Waals surface area contributed by atoms with Crippen molar-refractivity contribution >= 4 is 38.7 Å². The summed E-state index contributed by atoms with van der Waals surface area (Å²) < 4.78 is 76.0. The van der Waals surface area contributed by atoms with E-state index in [1.165, 1.54) is 43.4 Å². The van der Waals surface area contributed by atoms with Gasteiger partial charge in [0.25, 0.3) is 5.91 Å². The molecule has 1 aliphatic rings. The Kier molecular flexibility index (Phi) is 16.5. The van der Waals surface area contributed by atoms with Crippen LogP contribution >= 0.6 is 0 Å². The Balaban J connectivity index is 0.915. The van der Waals surface area contributed by atoms with E-state index in [-0.39, 0.29) is 48.7 Å². The van der Waals surface area contributed by atoms with Gasteiger partial charge in [0.15, 0.2) is 5.78 Å². The summed E-state index contributed by atoms with van der Waals surface area (Å²) in [6.07, 6.45) is 2.48. The molecule has 5 rings (SSSR count). The molecule has 1 aliphatic carbocycles. The van der Waals surface area contributed by atoms with Crippen molar-refractivity contribution in [2.75, 3.05) is 73.1 Å². The van der Waals surface area contributed by atoms with Gasteiger partial charge < -0.3 is 43.6 Å². The lowest BCUT2D eigenvalue weighted by Gasteiger charge is -2.12. The predicted molar refractivity (Wildman–Crippen MR) is 210 cm³/mol. The molecule has 0 atom stereocenters. The second kappa shape index (κ2) is 21.7. The zero-order valence-corrected chi connectivity index (χ0v) is 32.8.